The fourth-order valence-electron chi connectivity index (χ4n) is 1.84. The van der Waals surface area contributed by atoms with Crippen molar-refractivity contribution in [2.24, 2.45) is 0 Å². The molecule has 1 aliphatic carbocycles. The van der Waals surface area contributed by atoms with Gasteiger partial charge in [-0.05, 0) is 26.7 Å². The molecule has 0 aliphatic heterocycles. The lowest BCUT2D eigenvalue weighted by molar-refractivity contribution is 0.701. The highest BCUT2D eigenvalue weighted by Gasteiger charge is 2.23. The molecule has 0 aromatic heterocycles. The van der Waals surface area contributed by atoms with Gasteiger partial charge in [0.15, 0.2) is 0 Å². The maximum atomic E-state index is 5.93. The summed E-state index contributed by atoms with van der Waals surface area (Å²) in [5.74, 6) is 0.772. The lowest BCUT2D eigenvalue weighted by Gasteiger charge is -2.26. The summed E-state index contributed by atoms with van der Waals surface area (Å²) in [7, 11) is 0. The Labute approximate surface area is 91.8 Å². The van der Waals surface area contributed by atoms with Gasteiger partial charge in [0.1, 0.15) is 0 Å². The normalized spacial score (nSPS) is 21.5. The molecule has 0 unspecified atom stereocenters. The second-order valence-electron chi connectivity index (χ2n) is 4.62. The van der Waals surface area contributed by atoms with E-state index in [2.05, 4.69) is 25.6 Å². The van der Waals surface area contributed by atoms with Crippen LogP contribution in [0, 0.1) is 0 Å². The minimum absolute atomic E-state index is 0.274. The average molecular weight is 221 g/mol. The molecule has 0 aromatic rings. The Morgan fingerprint density at radius 3 is 2.15 bits per heavy atom. The Balaban J connectivity index is 2.33. The predicted octanol–water partition coefficient (Wildman–Crippen LogP) is 4.46. The third-order valence-corrected chi connectivity index (χ3v) is 5.02. The molecule has 0 aromatic carbocycles. The van der Waals surface area contributed by atoms with Gasteiger partial charge in [-0.1, -0.05) is 25.7 Å². The molecule has 0 heterocycles. The van der Waals surface area contributed by atoms with Crippen LogP contribution in [0.15, 0.2) is 0 Å². The second kappa shape index (κ2) is 5.50. The van der Waals surface area contributed by atoms with Crippen LogP contribution >= 0.6 is 23.4 Å². The van der Waals surface area contributed by atoms with Gasteiger partial charge in [0, 0.05) is 15.9 Å². The zero-order chi connectivity index (χ0) is 9.73. The van der Waals surface area contributed by atoms with E-state index in [4.69, 9.17) is 11.6 Å². The van der Waals surface area contributed by atoms with Crippen LogP contribution in [0.2, 0.25) is 0 Å². The first-order valence-corrected chi connectivity index (χ1v) is 6.79. The van der Waals surface area contributed by atoms with Gasteiger partial charge in [0.25, 0.3) is 0 Å². The molecule has 1 aliphatic rings. The molecule has 2 heteroatoms. The molecule has 1 fully saturated rings. The lowest BCUT2D eigenvalue weighted by Crippen LogP contribution is -2.21. The van der Waals surface area contributed by atoms with Gasteiger partial charge in [-0.15, -0.1) is 11.6 Å². The van der Waals surface area contributed by atoms with Crippen LogP contribution in [-0.2, 0) is 0 Å². The van der Waals surface area contributed by atoms with Crippen LogP contribution in [0.25, 0.3) is 0 Å². The molecule has 0 N–H and O–H groups in total. The van der Waals surface area contributed by atoms with Crippen molar-refractivity contribution in [3.63, 3.8) is 0 Å². The van der Waals surface area contributed by atoms with Gasteiger partial charge in [-0.2, -0.15) is 11.8 Å². The Kier molecular flexibility index (Phi) is 4.96. The summed E-state index contributed by atoms with van der Waals surface area (Å²) >= 11 is 8.04. The Morgan fingerprint density at radius 1 is 1.15 bits per heavy atom. The molecule has 0 atom stereocenters. The van der Waals surface area contributed by atoms with Crippen molar-refractivity contribution in [1.82, 2.24) is 0 Å². The molecule has 0 saturated heterocycles. The number of hydrogen-bond acceptors (Lipinski definition) is 1. The van der Waals surface area contributed by atoms with Gasteiger partial charge in [0.05, 0.1) is 0 Å². The van der Waals surface area contributed by atoms with Gasteiger partial charge in [0.2, 0.25) is 0 Å². The first-order chi connectivity index (χ1) is 6.14. The van der Waals surface area contributed by atoms with Crippen LogP contribution in [0.4, 0.5) is 0 Å². The largest absolute Gasteiger partial charge is 0.151 e. The summed E-state index contributed by atoms with van der Waals surface area (Å²) in [6.07, 6.45) is 8.55. The maximum absolute atomic E-state index is 5.93. The SMILES string of the molecule is CC(C)(CCl)SC1CCCCCC1. The maximum Gasteiger partial charge on any atom is 0.0365 e. The highest BCUT2D eigenvalue weighted by molar-refractivity contribution is 8.01. The van der Waals surface area contributed by atoms with Gasteiger partial charge in [-0.25, -0.2) is 0 Å². The van der Waals surface area contributed by atoms with Crippen LogP contribution in [-0.4, -0.2) is 15.9 Å². The first kappa shape index (κ1) is 11.7. The Hall–Kier alpha value is 0.640. The summed E-state index contributed by atoms with van der Waals surface area (Å²) in [4.78, 5) is 0. The molecule has 1 rings (SSSR count). The zero-order valence-corrected chi connectivity index (χ0v) is 10.4. The first-order valence-electron chi connectivity index (χ1n) is 5.38. The minimum atomic E-state index is 0.274. The fraction of sp³-hybridized carbons (Fsp3) is 1.00. The molecule has 0 radical (unpaired) electrons. The molecule has 0 amide bonds. The summed E-state index contributed by atoms with van der Waals surface area (Å²) in [5, 5.41) is 0.872. The van der Waals surface area contributed by atoms with Crippen molar-refractivity contribution in [3.8, 4) is 0 Å². The van der Waals surface area contributed by atoms with Gasteiger partial charge in [-0.3, -0.25) is 0 Å². The summed E-state index contributed by atoms with van der Waals surface area (Å²) in [6.45, 7) is 4.52. The number of alkyl halides is 1. The third-order valence-electron chi connectivity index (χ3n) is 2.61. The zero-order valence-electron chi connectivity index (χ0n) is 8.81. The lowest BCUT2D eigenvalue weighted by atomic mass is 10.2. The highest BCUT2D eigenvalue weighted by atomic mass is 35.5. The van der Waals surface area contributed by atoms with E-state index in [1.165, 1.54) is 38.5 Å². The second-order valence-corrected chi connectivity index (χ2v) is 6.90. The number of halogens is 1. The van der Waals surface area contributed by atoms with E-state index in [0.717, 1.165) is 11.1 Å². The molecular formula is C11H21ClS. The molecule has 13 heavy (non-hydrogen) atoms. The highest BCUT2D eigenvalue weighted by Crippen LogP contribution is 2.36. The van der Waals surface area contributed by atoms with E-state index in [9.17, 15) is 0 Å². The molecule has 0 bridgehead atoms. The number of thioether (sulfide) groups is 1. The smallest absolute Gasteiger partial charge is 0.0365 e. The van der Waals surface area contributed by atoms with Crippen LogP contribution in [0.5, 0.6) is 0 Å². The molecule has 0 spiro atoms. The molecule has 0 nitrogen and oxygen atoms in total. The molecule has 78 valence electrons. The van der Waals surface area contributed by atoms with Crippen LogP contribution < -0.4 is 0 Å². The van der Waals surface area contributed by atoms with Gasteiger partial charge < -0.3 is 0 Å². The fourth-order valence-corrected chi connectivity index (χ4v) is 3.57. The number of rotatable bonds is 3. The Bertz CT molecular complexity index is 137. The van der Waals surface area contributed by atoms with E-state index in [0.29, 0.717) is 0 Å². The minimum Gasteiger partial charge on any atom is -0.151 e. The van der Waals surface area contributed by atoms with Crippen LogP contribution in [0.3, 0.4) is 0 Å². The topological polar surface area (TPSA) is 0 Å². The standard InChI is InChI=1S/C11H21ClS/c1-11(2,9-12)13-10-7-5-3-4-6-8-10/h10H,3-9H2,1-2H3. The quantitative estimate of drug-likeness (QED) is 0.500. The van der Waals surface area contributed by atoms with E-state index in [-0.39, 0.29) is 4.75 Å². The van der Waals surface area contributed by atoms with Crippen molar-refractivity contribution in [1.29, 1.82) is 0 Å². The van der Waals surface area contributed by atoms with Gasteiger partial charge >= 0.3 is 0 Å². The molecular weight excluding hydrogens is 200 g/mol. The van der Waals surface area contributed by atoms with E-state index < -0.39 is 0 Å². The Morgan fingerprint density at radius 2 is 1.69 bits per heavy atom. The van der Waals surface area contributed by atoms with Crippen molar-refractivity contribution in [2.45, 2.75) is 62.4 Å². The van der Waals surface area contributed by atoms with E-state index in [1.54, 1.807) is 0 Å². The molecule has 1 saturated carbocycles. The number of hydrogen-bond donors (Lipinski definition) is 0. The summed E-state index contributed by atoms with van der Waals surface area (Å²) < 4.78 is 0.274. The third kappa shape index (κ3) is 4.60. The van der Waals surface area contributed by atoms with Crippen molar-refractivity contribution in [3.05, 3.63) is 0 Å². The summed E-state index contributed by atoms with van der Waals surface area (Å²) in [5.41, 5.74) is 0. The van der Waals surface area contributed by atoms with Crippen LogP contribution in [0.1, 0.15) is 52.4 Å². The predicted molar refractivity (Wildman–Crippen MR) is 63.9 cm³/mol. The average Bonchev–Trinajstić information content (AvgIpc) is 2.32. The van der Waals surface area contributed by atoms with Crippen molar-refractivity contribution < 1.29 is 0 Å². The van der Waals surface area contributed by atoms with E-state index in [1.807, 2.05) is 0 Å². The van der Waals surface area contributed by atoms with Crippen molar-refractivity contribution in [2.75, 3.05) is 5.88 Å². The van der Waals surface area contributed by atoms with Crippen molar-refractivity contribution >= 4 is 23.4 Å². The van der Waals surface area contributed by atoms with E-state index >= 15 is 0 Å². The summed E-state index contributed by atoms with van der Waals surface area (Å²) in [6, 6.07) is 0. The monoisotopic (exact) mass is 220 g/mol.